The van der Waals surface area contributed by atoms with Crippen LogP contribution in [0.5, 0.6) is 17.5 Å². The van der Waals surface area contributed by atoms with Gasteiger partial charge in [0.2, 0.25) is 11.8 Å². The van der Waals surface area contributed by atoms with Crippen LogP contribution in [0.25, 0.3) is 0 Å². The van der Waals surface area contributed by atoms with Crippen molar-refractivity contribution in [1.82, 2.24) is 14.9 Å². The molecule has 1 aromatic heterocycles. The van der Waals surface area contributed by atoms with Crippen molar-refractivity contribution in [3.05, 3.63) is 71.3 Å². The minimum atomic E-state index is -4.45. The minimum Gasteiger partial charge on any atom is -0.474 e. The second-order valence-electron chi connectivity index (χ2n) is 9.13. The zero-order valence-corrected chi connectivity index (χ0v) is 21.8. The summed E-state index contributed by atoms with van der Waals surface area (Å²) >= 11 is 0. The second kappa shape index (κ2) is 11.3. The Balaban J connectivity index is 1.40. The number of carbonyl (C=O) groups excluding carboxylic acids is 1. The van der Waals surface area contributed by atoms with Gasteiger partial charge in [0.25, 0.3) is 0 Å². The van der Waals surface area contributed by atoms with E-state index in [4.69, 9.17) is 9.47 Å². The first-order valence-electron chi connectivity index (χ1n) is 11.9. The lowest BCUT2D eigenvalue weighted by Crippen LogP contribution is -2.41. The standard InChI is InChI=1S/C26H25F4N3O5S/c1-16-24(31-15-32-25(16)38-23-8-7-20(13-21(23)27)39(2,35)36)37-19-9-11-33(12-10-19)22(14-34)17-3-5-18(6-4-17)26(28,29)30/h3-8,13-15,19,22H,9-12H2,1-2H3. The molecule has 8 nitrogen and oxygen atoms in total. The molecule has 4 rings (SSSR count). The zero-order chi connectivity index (χ0) is 28.4. The summed E-state index contributed by atoms with van der Waals surface area (Å²) in [5, 5.41) is 0. The molecule has 1 fully saturated rings. The third kappa shape index (κ3) is 6.71. The summed E-state index contributed by atoms with van der Waals surface area (Å²) in [6.45, 7) is 2.55. The fraction of sp³-hybridized carbons (Fsp3) is 0.346. The Morgan fingerprint density at radius 1 is 1.05 bits per heavy atom. The molecule has 1 unspecified atom stereocenters. The summed E-state index contributed by atoms with van der Waals surface area (Å²) in [7, 11) is -3.59. The number of hydrogen-bond donors (Lipinski definition) is 0. The highest BCUT2D eigenvalue weighted by Gasteiger charge is 2.32. The number of aromatic nitrogens is 2. The molecule has 0 N–H and O–H groups in total. The summed E-state index contributed by atoms with van der Waals surface area (Å²) in [5.41, 5.74) is 0.102. The SMILES string of the molecule is Cc1c(Oc2ccc(S(C)(=O)=O)cc2F)ncnc1OC1CCN(C(C=O)c2ccc(C(F)(F)F)cc2)CC1. The van der Waals surface area contributed by atoms with Gasteiger partial charge in [-0.25, -0.2) is 22.8 Å². The van der Waals surface area contributed by atoms with Gasteiger partial charge in [0, 0.05) is 19.3 Å². The van der Waals surface area contributed by atoms with E-state index < -0.39 is 33.4 Å². The molecule has 208 valence electrons. The largest absolute Gasteiger partial charge is 0.474 e. The molecule has 1 aliphatic heterocycles. The Morgan fingerprint density at radius 3 is 2.26 bits per heavy atom. The highest BCUT2D eigenvalue weighted by molar-refractivity contribution is 7.90. The number of hydrogen-bond acceptors (Lipinski definition) is 8. The number of alkyl halides is 3. The van der Waals surface area contributed by atoms with E-state index >= 15 is 0 Å². The molecule has 2 aromatic carbocycles. The van der Waals surface area contributed by atoms with Crippen LogP contribution in [-0.2, 0) is 20.8 Å². The molecule has 1 atom stereocenters. The Hall–Kier alpha value is -3.58. The Bertz CT molecular complexity index is 1440. The van der Waals surface area contributed by atoms with E-state index in [0.29, 0.717) is 43.3 Å². The van der Waals surface area contributed by atoms with Gasteiger partial charge in [-0.05, 0) is 55.7 Å². The highest BCUT2D eigenvalue weighted by Crippen LogP contribution is 2.33. The van der Waals surface area contributed by atoms with Crippen molar-refractivity contribution in [2.24, 2.45) is 0 Å². The lowest BCUT2D eigenvalue weighted by atomic mass is 10.00. The molecule has 0 amide bonds. The van der Waals surface area contributed by atoms with Crippen molar-refractivity contribution in [3.63, 3.8) is 0 Å². The van der Waals surface area contributed by atoms with Crippen LogP contribution >= 0.6 is 0 Å². The summed E-state index contributed by atoms with van der Waals surface area (Å²) in [5.74, 6) is -0.830. The number of piperidine rings is 1. The van der Waals surface area contributed by atoms with Gasteiger partial charge in [-0.3, -0.25) is 4.90 Å². The number of ether oxygens (including phenoxy) is 2. The molecule has 3 aromatic rings. The Kier molecular flexibility index (Phi) is 8.21. The first-order chi connectivity index (χ1) is 18.4. The van der Waals surface area contributed by atoms with E-state index in [0.717, 1.165) is 24.5 Å². The quantitative estimate of drug-likeness (QED) is 0.280. The monoisotopic (exact) mass is 567 g/mol. The summed E-state index contributed by atoms with van der Waals surface area (Å²) in [6, 6.07) is 7.16. The molecule has 0 bridgehead atoms. The van der Waals surface area contributed by atoms with E-state index in [-0.39, 0.29) is 28.5 Å². The molecule has 0 aliphatic carbocycles. The van der Waals surface area contributed by atoms with Crippen molar-refractivity contribution in [1.29, 1.82) is 0 Å². The molecule has 0 spiro atoms. The lowest BCUT2D eigenvalue weighted by molar-refractivity contribution is -0.137. The minimum absolute atomic E-state index is 0.0340. The summed E-state index contributed by atoms with van der Waals surface area (Å²) in [6.07, 6.45) is -0.802. The molecular formula is C26H25F4N3O5S. The molecule has 13 heteroatoms. The van der Waals surface area contributed by atoms with Crippen molar-refractivity contribution in [2.75, 3.05) is 19.3 Å². The van der Waals surface area contributed by atoms with Gasteiger partial charge in [0.05, 0.1) is 22.1 Å². The van der Waals surface area contributed by atoms with Crippen LogP contribution < -0.4 is 9.47 Å². The summed E-state index contributed by atoms with van der Waals surface area (Å²) < 4.78 is 87.9. The molecule has 1 aliphatic rings. The maximum absolute atomic E-state index is 14.5. The van der Waals surface area contributed by atoms with E-state index in [9.17, 15) is 30.8 Å². The molecule has 39 heavy (non-hydrogen) atoms. The number of rotatable bonds is 8. The van der Waals surface area contributed by atoms with Gasteiger partial charge in [-0.1, -0.05) is 12.1 Å². The van der Waals surface area contributed by atoms with Crippen molar-refractivity contribution >= 4 is 16.1 Å². The number of nitrogens with zero attached hydrogens (tertiary/aromatic N) is 3. The van der Waals surface area contributed by atoms with Gasteiger partial charge < -0.3 is 14.3 Å². The van der Waals surface area contributed by atoms with Gasteiger partial charge in [-0.2, -0.15) is 13.2 Å². The average Bonchev–Trinajstić information content (AvgIpc) is 2.88. The fourth-order valence-electron chi connectivity index (χ4n) is 4.21. The van der Waals surface area contributed by atoms with Crippen LogP contribution in [0.4, 0.5) is 17.6 Å². The average molecular weight is 568 g/mol. The van der Waals surface area contributed by atoms with Crippen LogP contribution in [0.1, 0.15) is 35.6 Å². The van der Waals surface area contributed by atoms with Gasteiger partial charge in [-0.15, -0.1) is 0 Å². The molecule has 0 saturated carbocycles. The van der Waals surface area contributed by atoms with Crippen molar-refractivity contribution in [3.8, 4) is 17.5 Å². The molecule has 0 radical (unpaired) electrons. The third-order valence-corrected chi connectivity index (χ3v) is 7.50. The Labute approximate surface area is 222 Å². The molecule has 1 saturated heterocycles. The van der Waals surface area contributed by atoms with Crippen LogP contribution in [0.2, 0.25) is 0 Å². The second-order valence-corrected chi connectivity index (χ2v) is 11.1. The predicted octanol–water partition coefficient (Wildman–Crippen LogP) is 4.92. The molecule has 2 heterocycles. The number of aldehydes is 1. The number of benzene rings is 2. The number of carbonyl (C=O) groups is 1. The fourth-order valence-corrected chi connectivity index (χ4v) is 4.85. The van der Waals surface area contributed by atoms with Gasteiger partial charge in [0.1, 0.15) is 18.7 Å². The van der Waals surface area contributed by atoms with Crippen molar-refractivity contribution in [2.45, 2.75) is 43.0 Å². The van der Waals surface area contributed by atoms with Gasteiger partial charge in [0.15, 0.2) is 21.4 Å². The van der Waals surface area contributed by atoms with E-state index in [1.807, 2.05) is 4.90 Å². The number of likely N-dealkylation sites (tertiary alicyclic amines) is 1. The highest BCUT2D eigenvalue weighted by atomic mass is 32.2. The first-order valence-corrected chi connectivity index (χ1v) is 13.8. The summed E-state index contributed by atoms with van der Waals surface area (Å²) in [4.78, 5) is 21.7. The topological polar surface area (TPSA) is 98.7 Å². The zero-order valence-electron chi connectivity index (χ0n) is 21.0. The van der Waals surface area contributed by atoms with Gasteiger partial charge >= 0.3 is 6.18 Å². The smallest absolute Gasteiger partial charge is 0.416 e. The first kappa shape index (κ1) is 28.4. The van der Waals surface area contributed by atoms with E-state index in [1.54, 1.807) is 6.92 Å². The number of sulfone groups is 1. The van der Waals surface area contributed by atoms with E-state index in [2.05, 4.69) is 9.97 Å². The maximum atomic E-state index is 14.5. The van der Waals surface area contributed by atoms with Crippen molar-refractivity contribution < 1.29 is 40.2 Å². The van der Waals surface area contributed by atoms with Crippen LogP contribution in [0, 0.1) is 12.7 Å². The lowest BCUT2D eigenvalue weighted by Gasteiger charge is -2.35. The number of halogens is 4. The molecular weight excluding hydrogens is 542 g/mol. The van der Waals surface area contributed by atoms with Crippen LogP contribution in [0.3, 0.4) is 0 Å². The third-order valence-electron chi connectivity index (χ3n) is 6.39. The van der Waals surface area contributed by atoms with Crippen LogP contribution in [-0.4, -0.2) is 55.0 Å². The predicted molar refractivity (Wildman–Crippen MR) is 132 cm³/mol. The normalized spacial score (nSPS) is 16.1. The Morgan fingerprint density at radius 2 is 1.69 bits per heavy atom. The van der Waals surface area contributed by atoms with Crippen LogP contribution in [0.15, 0.2) is 53.7 Å². The maximum Gasteiger partial charge on any atom is 0.416 e. The van der Waals surface area contributed by atoms with E-state index in [1.165, 1.54) is 30.6 Å².